The second-order valence-corrected chi connectivity index (χ2v) is 6.36. The first kappa shape index (κ1) is 19.0. The summed E-state index contributed by atoms with van der Waals surface area (Å²) < 4.78 is 0. The van der Waals surface area contributed by atoms with Crippen LogP contribution >= 0.6 is 0 Å². The zero-order valence-corrected chi connectivity index (χ0v) is 15.2. The number of carbonyl (C=O) groups is 1. The first-order valence-corrected chi connectivity index (χ1v) is 9.41. The van der Waals surface area contributed by atoms with Crippen molar-refractivity contribution in [2.75, 3.05) is 6.54 Å². The number of benzene rings is 2. The largest absolute Gasteiger partial charge is 0.352 e. The van der Waals surface area contributed by atoms with Crippen molar-refractivity contribution in [3.63, 3.8) is 0 Å². The lowest BCUT2D eigenvalue weighted by Gasteiger charge is -2.10. The van der Waals surface area contributed by atoms with E-state index in [1.165, 1.54) is 32.1 Å². The summed E-state index contributed by atoms with van der Waals surface area (Å²) in [6.45, 7) is 2.97. The van der Waals surface area contributed by atoms with Gasteiger partial charge in [-0.1, -0.05) is 99.7 Å². The predicted octanol–water partition coefficient (Wildman–Crippen LogP) is 5.70. The molecule has 0 heterocycles. The summed E-state index contributed by atoms with van der Waals surface area (Å²) in [5.74, 6) is 0.00334. The summed E-state index contributed by atoms with van der Waals surface area (Å²) in [4.78, 5) is 12.7. The molecule has 2 rings (SSSR count). The molecule has 2 nitrogen and oxygen atoms in total. The van der Waals surface area contributed by atoms with Crippen LogP contribution in [-0.2, 0) is 4.79 Å². The molecule has 0 radical (unpaired) electrons. The molecule has 0 fully saturated rings. The zero-order chi connectivity index (χ0) is 17.7. The van der Waals surface area contributed by atoms with Crippen LogP contribution in [0.25, 0.3) is 11.6 Å². The van der Waals surface area contributed by atoms with E-state index in [4.69, 9.17) is 0 Å². The van der Waals surface area contributed by atoms with Crippen LogP contribution in [0.15, 0.2) is 60.7 Å². The second kappa shape index (κ2) is 11.2. The molecule has 0 spiro atoms. The van der Waals surface area contributed by atoms with Gasteiger partial charge in [0.1, 0.15) is 0 Å². The van der Waals surface area contributed by atoms with Crippen molar-refractivity contribution in [1.82, 2.24) is 5.32 Å². The Labute approximate surface area is 152 Å². The summed E-state index contributed by atoms with van der Waals surface area (Å²) in [5.41, 5.74) is 2.71. The number of hydrogen-bond donors (Lipinski definition) is 1. The Kier molecular flexibility index (Phi) is 8.54. The number of hydrogen-bond acceptors (Lipinski definition) is 1. The molecular formula is C23H29NO. The molecule has 0 aliphatic heterocycles. The fourth-order valence-corrected chi connectivity index (χ4v) is 2.82. The third kappa shape index (κ3) is 6.96. The number of nitrogens with one attached hydrogen (secondary N) is 1. The molecule has 0 aliphatic rings. The quantitative estimate of drug-likeness (QED) is 0.336. The Bertz CT molecular complexity index is 646. The zero-order valence-electron chi connectivity index (χ0n) is 15.2. The Morgan fingerprint density at radius 2 is 1.44 bits per heavy atom. The van der Waals surface area contributed by atoms with E-state index in [0.29, 0.717) is 0 Å². The number of amides is 1. The van der Waals surface area contributed by atoms with E-state index < -0.39 is 0 Å². The average Bonchev–Trinajstić information content (AvgIpc) is 2.67. The van der Waals surface area contributed by atoms with Crippen molar-refractivity contribution in [2.24, 2.45) is 0 Å². The van der Waals surface area contributed by atoms with Crippen molar-refractivity contribution in [1.29, 1.82) is 0 Å². The van der Waals surface area contributed by atoms with Gasteiger partial charge in [-0.15, -0.1) is 0 Å². The molecular weight excluding hydrogens is 306 g/mol. The highest BCUT2D eigenvalue weighted by Crippen LogP contribution is 2.18. The smallest absolute Gasteiger partial charge is 0.251 e. The molecule has 2 heteroatoms. The third-order valence-corrected chi connectivity index (χ3v) is 4.26. The van der Waals surface area contributed by atoms with Gasteiger partial charge in [0.05, 0.1) is 0 Å². The standard InChI is InChI=1S/C23H29NO/c1-2-3-4-5-6-13-18-24-23(25)22(21-16-11-8-12-17-21)19-20-14-9-7-10-15-20/h7-12,14-17,19H,2-6,13,18H2,1H3,(H,24,25)/b22-19+. The van der Waals surface area contributed by atoms with Crippen LogP contribution in [0.4, 0.5) is 0 Å². The van der Waals surface area contributed by atoms with Crippen molar-refractivity contribution in [3.05, 3.63) is 71.8 Å². The van der Waals surface area contributed by atoms with E-state index in [1.807, 2.05) is 66.7 Å². The topological polar surface area (TPSA) is 29.1 Å². The molecule has 0 aromatic heterocycles. The molecule has 1 amide bonds. The summed E-state index contributed by atoms with van der Waals surface area (Å²) in [5, 5.41) is 3.09. The van der Waals surface area contributed by atoms with Crippen molar-refractivity contribution in [3.8, 4) is 0 Å². The van der Waals surface area contributed by atoms with Crippen LogP contribution in [0.2, 0.25) is 0 Å². The molecule has 2 aromatic carbocycles. The lowest BCUT2D eigenvalue weighted by molar-refractivity contribution is -0.115. The van der Waals surface area contributed by atoms with Crippen LogP contribution in [-0.4, -0.2) is 12.5 Å². The number of unbranched alkanes of at least 4 members (excludes halogenated alkanes) is 5. The molecule has 2 aromatic rings. The first-order chi connectivity index (χ1) is 12.3. The van der Waals surface area contributed by atoms with E-state index >= 15 is 0 Å². The summed E-state index contributed by atoms with van der Waals surface area (Å²) >= 11 is 0. The van der Waals surface area contributed by atoms with Crippen molar-refractivity contribution < 1.29 is 4.79 Å². The molecule has 1 N–H and O–H groups in total. The number of rotatable bonds is 10. The van der Waals surface area contributed by atoms with Gasteiger partial charge in [0.15, 0.2) is 0 Å². The summed E-state index contributed by atoms with van der Waals surface area (Å²) in [6.07, 6.45) is 9.33. The Morgan fingerprint density at radius 1 is 0.840 bits per heavy atom. The molecule has 0 saturated heterocycles. The fourth-order valence-electron chi connectivity index (χ4n) is 2.82. The average molecular weight is 335 g/mol. The Hall–Kier alpha value is -2.35. The molecule has 0 atom stereocenters. The van der Waals surface area contributed by atoms with Gasteiger partial charge in [0.2, 0.25) is 0 Å². The van der Waals surface area contributed by atoms with Crippen LogP contribution in [0.5, 0.6) is 0 Å². The van der Waals surface area contributed by atoms with Gasteiger partial charge in [0, 0.05) is 12.1 Å². The van der Waals surface area contributed by atoms with Crippen molar-refractivity contribution in [2.45, 2.75) is 45.4 Å². The van der Waals surface area contributed by atoms with E-state index in [-0.39, 0.29) is 5.91 Å². The van der Waals surface area contributed by atoms with Crippen LogP contribution in [0, 0.1) is 0 Å². The van der Waals surface area contributed by atoms with Gasteiger partial charge in [-0.25, -0.2) is 0 Å². The monoisotopic (exact) mass is 335 g/mol. The Balaban J connectivity index is 1.96. The molecule has 0 saturated carbocycles. The molecule has 0 aliphatic carbocycles. The maximum Gasteiger partial charge on any atom is 0.251 e. The minimum absolute atomic E-state index is 0.00334. The van der Waals surface area contributed by atoms with Crippen molar-refractivity contribution >= 4 is 17.6 Å². The normalized spacial score (nSPS) is 11.3. The SMILES string of the molecule is CCCCCCCCNC(=O)/C(=C/c1ccccc1)c1ccccc1. The predicted molar refractivity (Wildman–Crippen MR) is 107 cm³/mol. The molecule has 132 valence electrons. The molecule has 0 bridgehead atoms. The van der Waals surface area contributed by atoms with E-state index in [9.17, 15) is 4.79 Å². The minimum Gasteiger partial charge on any atom is -0.352 e. The van der Waals surface area contributed by atoms with Gasteiger partial charge < -0.3 is 5.32 Å². The van der Waals surface area contributed by atoms with E-state index in [0.717, 1.165) is 29.7 Å². The van der Waals surface area contributed by atoms with Gasteiger partial charge in [-0.2, -0.15) is 0 Å². The molecule has 25 heavy (non-hydrogen) atoms. The van der Waals surface area contributed by atoms with Gasteiger partial charge in [-0.05, 0) is 23.6 Å². The fraction of sp³-hybridized carbons (Fsp3) is 0.348. The second-order valence-electron chi connectivity index (χ2n) is 6.36. The molecule has 0 unspecified atom stereocenters. The van der Waals surface area contributed by atoms with Gasteiger partial charge in [-0.3, -0.25) is 4.79 Å². The minimum atomic E-state index is 0.00334. The van der Waals surface area contributed by atoms with Gasteiger partial charge in [0.25, 0.3) is 5.91 Å². The Morgan fingerprint density at radius 3 is 2.12 bits per heavy atom. The lowest BCUT2D eigenvalue weighted by Crippen LogP contribution is -2.25. The highest BCUT2D eigenvalue weighted by Gasteiger charge is 2.11. The highest BCUT2D eigenvalue weighted by atomic mass is 16.1. The third-order valence-electron chi connectivity index (χ3n) is 4.26. The number of carbonyl (C=O) groups excluding carboxylic acids is 1. The first-order valence-electron chi connectivity index (χ1n) is 9.41. The van der Waals surface area contributed by atoms with Crippen LogP contribution < -0.4 is 5.32 Å². The summed E-state index contributed by atoms with van der Waals surface area (Å²) in [6, 6.07) is 19.9. The van der Waals surface area contributed by atoms with E-state index in [2.05, 4.69) is 12.2 Å². The van der Waals surface area contributed by atoms with Crippen LogP contribution in [0.3, 0.4) is 0 Å². The van der Waals surface area contributed by atoms with Gasteiger partial charge >= 0.3 is 0 Å². The highest BCUT2D eigenvalue weighted by molar-refractivity contribution is 6.24. The maximum atomic E-state index is 12.7. The lowest BCUT2D eigenvalue weighted by atomic mass is 10.0. The van der Waals surface area contributed by atoms with Crippen LogP contribution in [0.1, 0.15) is 56.6 Å². The van der Waals surface area contributed by atoms with E-state index in [1.54, 1.807) is 0 Å². The summed E-state index contributed by atoms with van der Waals surface area (Å²) in [7, 11) is 0. The maximum absolute atomic E-state index is 12.7.